The number of amidine groups is 1. The highest BCUT2D eigenvalue weighted by atomic mass is 19.2. The Bertz CT molecular complexity index is 1450. The Morgan fingerprint density at radius 2 is 1.65 bits per heavy atom. The zero-order valence-electron chi connectivity index (χ0n) is 20.3. The minimum absolute atomic E-state index is 0.0589. The van der Waals surface area contributed by atoms with Crippen LogP contribution in [0.4, 0.5) is 13.2 Å². The zero-order valence-corrected chi connectivity index (χ0v) is 20.3. The topological polar surface area (TPSA) is 94.1 Å². The summed E-state index contributed by atoms with van der Waals surface area (Å²) in [6.45, 7) is 4.10. The van der Waals surface area contributed by atoms with Gasteiger partial charge in [-0.05, 0) is 48.0 Å². The van der Waals surface area contributed by atoms with Crippen LogP contribution in [0.15, 0.2) is 67.1 Å². The van der Waals surface area contributed by atoms with Crippen LogP contribution in [0.1, 0.15) is 30.9 Å². The van der Waals surface area contributed by atoms with Gasteiger partial charge in [0.1, 0.15) is 29.8 Å². The first kappa shape index (κ1) is 25.8. The van der Waals surface area contributed by atoms with E-state index < -0.39 is 17.5 Å². The van der Waals surface area contributed by atoms with Crippen molar-refractivity contribution in [3.05, 3.63) is 95.7 Å². The number of nitrogens with one attached hydrogen (secondary N) is 1. The number of benzene rings is 2. The fraction of sp³-hybridized carbons (Fsp3) is 0.179. The summed E-state index contributed by atoms with van der Waals surface area (Å²) >= 11 is 0. The smallest absolute Gasteiger partial charge is 0.159 e. The molecule has 1 aliphatic rings. The summed E-state index contributed by atoms with van der Waals surface area (Å²) in [5.41, 5.74) is 9.09. The Labute approximate surface area is 212 Å². The van der Waals surface area contributed by atoms with Crippen LogP contribution in [-0.2, 0) is 4.74 Å². The normalized spacial score (nSPS) is 13.5. The Balaban J connectivity index is 0.00000156. The van der Waals surface area contributed by atoms with E-state index in [4.69, 9.17) is 20.6 Å². The number of nitrogens with two attached hydrogens (primary N) is 1. The lowest BCUT2D eigenvalue weighted by molar-refractivity contribution is 0.159. The van der Waals surface area contributed by atoms with E-state index in [2.05, 4.69) is 9.97 Å². The molecule has 9 heteroatoms. The summed E-state index contributed by atoms with van der Waals surface area (Å²) in [6, 6.07) is 12.1. The highest BCUT2D eigenvalue weighted by molar-refractivity contribution is 5.78. The summed E-state index contributed by atoms with van der Waals surface area (Å²) in [5, 5.41) is 7.46. The lowest BCUT2D eigenvalue weighted by Crippen LogP contribution is -2.22. The van der Waals surface area contributed by atoms with Crippen LogP contribution < -0.4 is 10.5 Å². The predicted octanol–water partition coefficient (Wildman–Crippen LogP) is 6.44. The molecule has 0 aliphatic carbocycles. The molecule has 0 fully saturated rings. The van der Waals surface area contributed by atoms with Gasteiger partial charge in [0.2, 0.25) is 0 Å². The van der Waals surface area contributed by atoms with E-state index in [1.54, 1.807) is 24.4 Å². The first-order valence-corrected chi connectivity index (χ1v) is 11.7. The quantitative estimate of drug-likeness (QED) is 0.232. The molecule has 2 aromatic carbocycles. The standard InChI is InChI=1S/C26H19F3N4O2.C2H6/c27-17-5-16(9-32-10-17)14-2-4-24-18(6-14)20(12-34-13-26(30)31)19-8-23(33-11-25(19)35-24)15-1-3-21(28)22(29)7-15;1-2/h1-11,20H,12-13H2,(H3,30,31);1-2H3. The molecule has 5 rings (SSSR count). The summed E-state index contributed by atoms with van der Waals surface area (Å²) in [5.74, 6) is -1.79. The minimum Gasteiger partial charge on any atom is -0.455 e. The number of hydrogen-bond acceptors (Lipinski definition) is 5. The molecule has 0 saturated heterocycles. The van der Waals surface area contributed by atoms with Crippen LogP contribution in [0.5, 0.6) is 11.5 Å². The molecule has 4 aromatic rings. The fourth-order valence-electron chi connectivity index (χ4n) is 4.04. The number of aromatic nitrogens is 2. The number of fused-ring (bicyclic) bond motifs is 2. The van der Waals surface area contributed by atoms with Crippen LogP contribution in [0.3, 0.4) is 0 Å². The Kier molecular flexibility index (Phi) is 7.83. The van der Waals surface area contributed by atoms with Gasteiger partial charge in [0.05, 0.1) is 24.7 Å². The number of pyridine rings is 2. The average Bonchev–Trinajstić information content (AvgIpc) is 2.90. The lowest BCUT2D eigenvalue weighted by atomic mass is 9.86. The van der Waals surface area contributed by atoms with Crippen molar-refractivity contribution < 1.29 is 22.6 Å². The Morgan fingerprint density at radius 1 is 0.892 bits per heavy atom. The number of rotatable bonds is 6. The van der Waals surface area contributed by atoms with E-state index in [1.807, 2.05) is 19.9 Å². The molecule has 1 atom stereocenters. The molecule has 1 unspecified atom stereocenters. The average molecular weight is 507 g/mol. The van der Waals surface area contributed by atoms with Crippen molar-refractivity contribution in [2.75, 3.05) is 13.2 Å². The molecular weight excluding hydrogens is 481 g/mol. The first-order chi connectivity index (χ1) is 17.9. The van der Waals surface area contributed by atoms with Crippen molar-refractivity contribution in [3.63, 3.8) is 0 Å². The van der Waals surface area contributed by atoms with Crippen molar-refractivity contribution in [3.8, 4) is 33.9 Å². The largest absolute Gasteiger partial charge is 0.455 e. The zero-order chi connectivity index (χ0) is 26.5. The van der Waals surface area contributed by atoms with Gasteiger partial charge in [0.25, 0.3) is 0 Å². The second kappa shape index (κ2) is 11.2. The molecule has 2 aromatic heterocycles. The van der Waals surface area contributed by atoms with E-state index in [9.17, 15) is 13.2 Å². The first-order valence-electron chi connectivity index (χ1n) is 11.7. The molecular formula is C28H25F3N4O2. The number of ether oxygens (including phenoxy) is 2. The van der Waals surface area contributed by atoms with Gasteiger partial charge in [-0.25, -0.2) is 13.2 Å². The fourth-order valence-corrected chi connectivity index (χ4v) is 4.04. The maximum Gasteiger partial charge on any atom is 0.159 e. The van der Waals surface area contributed by atoms with Crippen molar-refractivity contribution in [2.45, 2.75) is 19.8 Å². The van der Waals surface area contributed by atoms with E-state index >= 15 is 0 Å². The van der Waals surface area contributed by atoms with Gasteiger partial charge >= 0.3 is 0 Å². The molecule has 3 N–H and O–H groups in total. The highest BCUT2D eigenvalue weighted by Crippen LogP contribution is 2.46. The number of halogens is 3. The SMILES string of the molecule is CC.N=C(N)COCC1c2cc(-c3cncc(F)c3)ccc2Oc2cnc(-c3ccc(F)c(F)c3)cc21. The lowest BCUT2D eigenvalue weighted by Gasteiger charge is -2.29. The monoisotopic (exact) mass is 506 g/mol. The van der Waals surface area contributed by atoms with Crippen molar-refractivity contribution in [2.24, 2.45) is 5.73 Å². The number of hydrogen-bond donors (Lipinski definition) is 2. The molecule has 0 bridgehead atoms. The number of nitrogens with zero attached hydrogens (tertiary/aromatic N) is 2. The second-order valence-electron chi connectivity index (χ2n) is 8.08. The molecule has 0 saturated carbocycles. The van der Waals surface area contributed by atoms with Gasteiger partial charge in [-0.2, -0.15) is 0 Å². The Hall–Kier alpha value is -4.24. The Morgan fingerprint density at radius 3 is 2.38 bits per heavy atom. The maximum absolute atomic E-state index is 13.8. The van der Waals surface area contributed by atoms with Crippen molar-refractivity contribution in [1.82, 2.24) is 9.97 Å². The van der Waals surface area contributed by atoms with Crippen molar-refractivity contribution >= 4 is 5.84 Å². The third-order valence-corrected chi connectivity index (χ3v) is 5.67. The van der Waals surface area contributed by atoms with Gasteiger partial charge in [-0.15, -0.1) is 0 Å². The maximum atomic E-state index is 13.8. The third kappa shape index (κ3) is 5.62. The minimum atomic E-state index is -0.974. The highest BCUT2D eigenvalue weighted by Gasteiger charge is 2.29. The van der Waals surface area contributed by atoms with Gasteiger partial charge in [-0.1, -0.05) is 19.9 Å². The van der Waals surface area contributed by atoms with E-state index in [1.165, 1.54) is 18.3 Å². The van der Waals surface area contributed by atoms with Crippen LogP contribution >= 0.6 is 0 Å². The van der Waals surface area contributed by atoms with Crippen molar-refractivity contribution in [1.29, 1.82) is 5.41 Å². The van der Waals surface area contributed by atoms with Crippen LogP contribution in [0, 0.1) is 22.9 Å². The molecule has 1 aliphatic heterocycles. The molecule has 0 amide bonds. The predicted molar refractivity (Wildman–Crippen MR) is 135 cm³/mol. The van der Waals surface area contributed by atoms with Gasteiger partial charge in [-0.3, -0.25) is 15.4 Å². The summed E-state index contributed by atoms with van der Waals surface area (Å²) in [7, 11) is 0. The van der Waals surface area contributed by atoms with Gasteiger partial charge in [0.15, 0.2) is 11.6 Å². The second-order valence-corrected chi connectivity index (χ2v) is 8.08. The molecule has 0 spiro atoms. The summed E-state index contributed by atoms with van der Waals surface area (Å²) in [4.78, 5) is 8.29. The van der Waals surface area contributed by atoms with Gasteiger partial charge in [0, 0.05) is 34.4 Å². The summed E-state index contributed by atoms with van der Waals surface area (Å²) < 4.78 is 52.8. The molecule has 0 radical (unpaired) electrons. The van der Waals surface area contributed by atoms with Crippen LogP contribution in [-0.4, -0.2) is 29.0 Å². The van der Waals surface area contributed by atoms with Gasteiger partial charge < -0.3 is 15.2 Å². The molecule has 37 heavy (non-hydrogen) atoms. The molecule has 190 valence electrons. The molecule has 6 nitrogen and oxygen atoms in total. The van der Waals surface area contributed by atoms with E-state index in [0.717, 1.165) is 29.5 Å². The van der Waals surface area contributed by atoms with Crippen LogP contribution in [0.2, 0.25) is 0 Å². The van der Waals surface area contributed by atoms with Crippen LogP contribution in [0.25, 0.3) is 22.4 Å². The van der Waals surface area contributed by atoms with E-state index in [-0.39, 0.29) is 25.0 Å². The third-order valence-electron chi connectivity index (χ3n) is 5.67. The van der Waals surface area contributed by atoms with E-state index in [0.29, 0.717) is 33.9 Å². The molecule has 3 heterocycles. The summed E-state index contributed by atoms with van der Waals surface area (Å²) in [6.07, 6.45) is 4.22.